The van der Waals surface area contributed by atoms with Crippen LogP contribution in [0.15, 0.2) is 59.5 Å². The van der Waals surface area contributed by atoms with Gasteiger partial charge in [0.15, 0.2) is 0 Å². The zero-order valence-corrected chi connectivity index (χ0v) is 13.7. The fraction of sp³-hybridized carbons (Fsp3) is 0.211. The molecular formula is C19H18N4O2. The van der Waals surface area contributed by atoms with E-state index in [0.717, 1.165) is 12.2 Å². The van der Waals surface area contributed by atoms with Gasteiger partial charge >= 0.3 is 0 Å². The van der Waals surface area contributed by atoms with Gasteiger partial charge in [-0.1, -0.05) is 24.3 Å². The number of fused-ring (bicyclic) bond motifs is 1. The van der Waals surface area contributed by atoms with Crippen LogP contribution in [0.1, 0.15) is 27.2 Å². The van der Waals surface area contributed by atoms with Gasteiger partial charge in [0.05, 0.1) is 18.4 Å². The van der Waals surface area contributed by atoms with Crippen molar-refractivity contribution >= 4 is 11.9 Å². The SMILES string of the molecule is O=C(c1cnc(NCc2ccco2)nc1)N1CCc2ccccc2C1. The van der Waals surface area contributed by atoms with Crippen molar-refractivity contribution in [2.45, 2.75) is 19.5 Å². The molecular weight excluding hydrogens is 316 g/mol. The van der Waals surface area contributed by atoms with Gasteiger partial charge < -0.3 is 14.6 Å². The summed E-state index contributed by atoms with van der Waals surface area (Å²) in [6, 6.07) is 12.0. The molecule has 6 nitrogen and oxygen atoms in total. The Balaban J connectivity index is 1.41. The predicted octanol–water partition coefficient (Wildman–Crippen LogP) is 2.88. The van der Waals surface area contributed by atoms with Crippen LogP contribution in [0, 0.1) is 0 Å². The second-order valence-corrected chi connectivity index (χ2v) is 5.97. The number of aromatic nitrogens is 2. The largest absolute Gasteiger partial charge is 0.467 e. The molecule has 2 aromatic heterocycles. The van der Waals surface area contributed by atoms with E-state index < -0.39 is 0 Å². The first-order valence-electron chi connectivity index (χ1n) is 8.24. The minimum Gasteiger partial charge on any atom is -0.467 e. The number of hydrogen-bond donors (Lipinski definition) is 1. The Bertz CT molecular complexity index is 859. The van der Waals surface area contributed by atoms with Gasteiger partial charge in [0, 0.05) is 25.5 Å². The van der Waals surface area contributed by atoms with Gasteiger partial charge in [0.1, 0.15) is 5.76 Å². The molecule has 1 aliphatic rings. The highest BCUT2D eigenvalue weighted by molar-refractivity contribution is 5.93. The summed E-state index contributed by atoms with van der Waals surface area (Å²) in [6.45, 7) is 1.85. The highest BCUT2D eigenvalue weighted by Crippen LogP contribution is 2.20. The Hall–Kier alpha value is -3.15. The summed E-state index contributed by atoms with van der Waals surface area (Å²) in [5, 5.41) is 3.06. The number of benzene rings is 1. The molecule has 6 heteroatoms. The third-order valence-electron chi connectivity index (χ3n) is 4.32. The van der Waals surface area contributed by atoms with Crippen molar-refractivity contribution < 1.29 is 9.21 Å². The number of anilines is 1. The van der Waals surface area contributed by atoms with Crippen LogP contribution in [-0.2, 0) is 19.5 Å². The molecule has 0 fully saturated rings. The van der Waals surface area contributed by atoms with Gasteiger partial charge in [-0.15, -0.1) is 0 Å². The molecule has 3 aromatic rings. The lowest BCUT2D eigenvalue weighted by Crippen LogP contribution is -2.36. The quantitative estimate of drug-likeness (QED) is 0.794. The van der Waals surface area contributed by atoms with E-state index >= 15 is 0 Å². The Morgan fingerprint density at radius 3 is 2.68 bits per heavy atom. The molecule has 0 bridgehead atoms. The van der Waals surface area contributed by atoms with Gasteiger partial charge in [0.25, 0.3) is 5.91 Å². The van der Waals surface area contributed by atoms with E-state index in [4.69, 9.17) is 4.42 Å². The number of carbonyl (C=O) groups excluding carboxylic acids is 1. The number of nitrogens with zero attached hydrogens (tertiary/aromatic N) is 3. The van der Waals surface area contributed by atoms with E-state index in [2.05, 4.69) is 27.4 Å². The van der Waals surface area contributed by atoms with Crippen molar-refractivity contribution in [3.05, 3.63) is 77.5 Å². The molecule has 0 saturated carbocycles. The molecule has 25 heavy (non-hydrogen) atoms. The molecule has 1 N–H and O–H groups in total. The van der Waals surface area contributed by atoms with Crippen LogP contribution >= 0.6 is 0 Å². The summed E-state index contributed by atoms with van der Waals surface area (Å²) >= 11 is 0. The van der Waals surface area contributed by atoms with Gasteiger partial charge in [-0.05, 0) is 29.7 Å². The average Bonchev–Trinajstić information content (AvgIpc) is 3.19. The Morgan fingerprint density at radius 2 is 1.92 bits per heavy atom. The van der Waals surface area contributed by atoms with E-state index in [0.29, 0.717) is 31.1 Å². The van der Waals surface area contributed by atoms with E-state index in [-0.39, 0.29) is 5.91 Å². The maximum Gasteiger partial charge on any atom is 0.257 e. The fourth-order valence-electron chi connectivity index (χ4n) is 2.96. The standard InChI is InChI=1S/C19H18N4O2/c24-18(23-8-7-14-4-1-2-5-15(14)13-23)16-10-20-19(21-11-16)22-12-17-6-3-9-25-17/h1-6,9-11H,7-8,12-13H2,(H,20,21,22). The normalized spacial score (nSPS) is 13.4. The van der Waals surface area contributed by atoms with Gasteiger partial charge in [-0.3, -0.25) is 4.79 Å². The molecule has 0 radical (unpaired) electrons. The molecule has 0 spiro atoms. The zero-order chi connectivity index (χ0) is 17.1. The summed E-state index contributed by atoms with van der Waals surface area (Å²) in [4.78, 5) is 23.0. The molecule has 1 amide bonds. The maximum absolute atomic E-state index is 12.7. The highest BCUT2D eigenvalue weighted by Gasteiger charge is 2.22. The van der Waals surface area contributed by atoms with Crippen molar-refractivity contribution in [2.75, 3.05) is 11.9 Å². The highest BCUT2D eigenvalue weighted by atomic mass is 16.3. The minimum absolute atomic E-state index is 0.0351. The summed E-state index contributed by atoms with van der Waals surface area (Å²) in [7, 11) is 0. The monoisotopic (exact) mass is 334 g/mol. The van der Waals surface area contributed by atoms with Crippen molar-refractivity contribution in [1.82, 2.24) is 14.9 Å². The molecule has 126 valence electrons. The summed E-state index contributed by atoms with van der Waals surface area (Å²) < 4.78 is 5.25. The predicted molar refractivity (Wildman–Crippen MR) is 93.0 cm³/mol. The summed E-state index contributed by atoms with van der Waals surface area (Å²) in [6.07, 6.45) is 5.64. The molecule has 0 unspecified atom stereocenters. The number of nitrogens with one attached hydrogen (secondary N) is 1. The third kappa shape index (κ3) is 3.38. The van der Waals surface area contributed by atoms with Crippen molar-refractivity contribution in [3.63, 3.8) is 0 Å². The molecule has 0 atom stereocenters. The van der Waals surface area contributed by atoms with Crippen molar-refractivity contribution in [2.24, 2.45) is 0 Å². The lowest BCUT2D eigenvalue weighted by molar-refractivity contribution is 0.0734. The van der Waals surface area contributed by atoms with Crippen LogP contribution in [0.25, 0.3) is 0 Å². The first-order chi connectivity index (χ1) is 12.3. The lowest BCUT2D eigenvalue weighted by atomic mass is 9.99. The van der Waals surface area contributed by atoms with Crippen LogP contribution < -0.4 is 5.32 Å². The molecule has 1 aromatic carbocycles. The molecule has 4 rings (SSSR count). The van der Waals surface area contributed by atoms with Crippen LogP contribution in [0.5, 0.6) is 0 Å². The van der Waals surface area contributed by atoms with Crippen LogP contribution in [0.2, 0.25) is 0 Å². The first kappa shape index (κ1) is 15.4. The van der Waals surface area contributed by atoms with Crippen molar-refractivity contribution in [1.29, 1.82) is 0 Å². The number of carbonyl (C=O) groups is 1. The van der Waals surface area contributed by atoms with E-state index in [1.807, 2.05) is 29.2 Å². The summed E-state index contributed by atoms with van der Waals surface area (Å²) in [5.74, 6) is 1.24. The fourth-order valence-corrected chi connectivity index (χ4v) is 2.96. The third-order valence-corrected chi connectivity index (χ3v) is 4.32. The van der Waals surface area contributed by atoms with Gasteiger partial charge in [-0.25, -0.2) is 9.97 Å². The summed E-state index contributed by atoms with van der Waals surface area (Å²) in [5.41, 5.74) is 3.03. The Labute approximate surface area is 145 Å². The lowest BCUT2D eigenvalue weighted by Gasteiger charge is -2.28. The topological polar surface area (TPSA) is 71.3 Å². The first-order valence-corrected chi connectivity index (χ1v) is 8.24. The van der Waals surface area contributed by atoms with Gasteiger partial charge in [0.2, 0.25) is 5.95 Å². The van der Waals surface area contributed by atoms with Gasteiger partial charge in [-0.2, -0.15) is 0 Å². The van der Waals surface area contributed by atoms with E-state index in [1.54, 1.807) is 18.7 Å². The molecule has 0 saturated heterocycles. The van der Waals surface area contributed by atoms with Crippen LogP contribution in [0.3, 0.4) is 0 Å². The molecule has 0 aliphatic carbocycles. The minimum atomic E-state index is -0.0351. The van der Waals surface area contributed by atoms with E-state index in [9.17, 15) is 4.79 Å². The van der Waals surface area contributed by atoms with E-state index in [1.165, 1.54) is 11.1 Å². The number of hydrogen-bond acceptors (Lipinski definition) is 5. The maximum atomic E-state index is 12.7. The number of furan rings is 1. The molecule has 1 aliphatic heterocycles. The second kappa shape index (κ2) is 6.76. The number of rotatable bonds is 4. The smallest absolute Gasteiger partial charge is 0.257 e. The van der Waals surface area contributed by atoms with Crippen molar-refractivity contribution in [3.8, 4) is 0 Å². The van der Waals surface area contributed by atoms with Crippen LogP contribution in [-0.4, -0.2) is 27.3 Å². The van der Waals surface area contributed by atoms with Crippen LogP contribution in [0.4, 0.5) is 5.95 Å². The second-order valence-electron chi connectivity index (χ2n) is 5.97. The zero-order valence-electron chi connectivity index (χ0n) is 13.7. The molecule has 3 heterocycles. The Kier molecular flexibility index (Phi) is 4.16. The number of amides is 1. The average molecular weight is 334 g/mol. The Morgan fingerprint density at radius 1 is 1.12 bits per heavy atom.